The number of anilines is 2. The summed E-state index contributed by atoms with van der Waals surface area (Å²) in [5.74, 6) is 3.89. The molecular weight excluding hydrogens is 402 g/mol. The number of carbonyl (C=O) groups excluding carboxylic acids is 1. The van der Waals surface area contributed by atoms with Gasteiger partial charge in [-0.05, 0) is 46.8 Å². The summed E-state index contributed by atoms with van der Waals surface area (Å²) in [6, 6.07) is 5.61. The highest BCUT2D eigenvalue weighted by Crippen LogP contribution is 2.41. The Labute approximate surface area is 187 Å². The van der Waals surface area contributed by atoms with Gasteiger partial charge in [-0.15, -0.1) is 5.54 Å². The number of methoxy groups -OCH3 is 1. The molecule has 0 amide bonds. The molecule has 0 atom stereocenters. The first-order valence-corrected chi connectivity index (χ1v) is 13.3. The lowest BCUT2D eigenvalue weighted by molar-refractivity contribution is 0.0600. The van der Waals surface area contributed by atoms with Crippen LogP contribution in [0.4, 0.5) is 11.6 Å². The summed E-state index contributed by atoms with van der Waals surface area (Å²) in [5, 5.41) is 0. The number of hydrogen-bond acceptors (Lipinski definition) is 5. The van der Waals surface area contributed by atoms with Crippen LogP contribution in [-0.4, -0.2) is 37.7 Å². The third kappa shape index (κ3) is 4.24. The van der Waals surface area contributed by atoms with E-state index in [2.05, 4.69) is 67.9 Å². The van der Waals surface area contributed by atoms with Gasteiger partial charge in [-0.2, -0.15) is 0 Å². The molecule has 0 saturated heterocycles. The number of fused-ring (bicyclic) bond motifs is 1. The van der Waals surface area contributed by atoms with Crippen molar-refractivity contribution in [2.45, 2.75) is 64.6 Å². The molecule has 1 aromatic carbocycles. The highest BCUT2D eigenvalue weighted by Gasteiger charge is 2.41. The second-order valence-electron chi connectivity index (χ2n) is 9.12. The van der Waals surface area contributed by atoms with E-state index in [0.29, 0.717) is 28.1 Å². The number of carbonyl (C=O) groups is 1. The van der Waals surface area contributed by atoms with E-state index in [1.807, 2.05) is 18.2 Å². The van der Waals surface area contributed by atoms with Gasteiger partial charge in [-0.25, -0.2) is 14.8 Å². The van der Waals surface area contributed by atoms with Crippen molar-refractivity contribution in [3.05, 3.63) is 47.3 Å². The minimum atomic E-state index is -1.92. The van der Waals surface area contributed by atoms with Crippen molar-refractivity contribution in [1.29, 1.82) is 0 Å². The Morgan fingerprint density at radius 2 is 1.68 bits per heavy atom. The van der Waals surface area contributed by atoms with Crippen LogP contribution in [0, 0.1) is 11.5 Å². The molecule has 1 aliphatic heterocycles. The minimum absolute atomic E-state index is 0.333. The number of aromatic nitrogens is 2. The average Bonchev–Trinajstić information content (AvgIpc) is 3.17. The van der Waals surface area contributed by atoms with Gasteiger partial charge in [-0.3, -0.25) is 0 Å². The van der Waals surface area contributed by atoms with Crippen molar-refractivity contribution in [3.63, 3.8) is 0 Å². The van der Waals surface area contributed by atoms with Crippen molar-refractivity contribution in [3.8, 4) is 11.5 Å². The van der Waals surface area contributed by atoms with E-state index >= 15 is 0 Å². The lowest BCUT2D eigenvalue weighted by Gasteiger charge is -2.38. The van der Waals surface area contributed by atoms with Gasteiger partial charge in [0.2, 0.25) is 5.95 Å². The lowest BCUT2D eigenvalue weighted by Crippen LogP contribution is -2.43. The zero-order chi connectivity index (χ0) is 22.8. The normalized spacial score (nSPS) is 13.4. The molecule has 31 heavy (non-hydrogen) atoms. The maximum Gasteiger partial charge on any atom is 0.337 e. The van der Waals surface area contributed by atoms with Crippen LogP contribution >= 0.6 is 0 Å². The predicted molar refractivity (Wildman–Crippen MR) is 128 cm³/mol. The van der Waals surface area contributed by atoms with E-state index in [-0.39, 0.29) is 5.97 Å². The second-order valence-corrected chi connectivity index (χ2v) is 14.7. The Balaban J connectivity index is 2.21. The van der Waals surface area contributed by atoms with Gasteiger partial charge in [0.15, 0.2) is 0 Å². The first kappa shape index (κ1) is 23.0. The third-order valence-corrected chi connectivity index (χ3v) is 12.8. The molecule has 3 rings (SSSR count). The summed E-state index contributed by atoms with van der Waals surface area (Å²) in [6.07, 6.45) is 4.32. The van der Waals surface area contributed by atoms with E-state index in [9.17, 15) is 4.79 Å². The number of rotatable bonds is 5. The predicted octanol–water partition coefficient (Wildman–Crippen LogP) is 5.53. The molecule has 0 aliphatic carbocycles. The smallest absolute Gasteiger partial charge is 0.337 e. The largest absolute Gasteiger partial charge is 0.465 e. The molecule has 0 saturated carbocycles. The van der Waals surface area contributed by atoms with Crippen LogP contribution in [0.3, 0.4) is 0 Å². The number of ether oxygens (including phenoxy) is 1. The molecule has 2 heterocycles. The molecule has 0 spiro atoms. The summed E-state index contributed by atoms with van der Waals surface area (Å²) in [4.78, 5) is 23.4. The zero-order valence-corrected chi connectivity index (χ0v) is 20.7. The molecule has 0 bridgehead atoms. The molecule has 5 nitrogen and oxygen atoms in total. The van der Waals surface area contributed by atoms with Gasteiger partial charge in [-0.1, -0.05) is 47.5 Å². The number of benzene rings is 1. The van der Waals surface area contributed by atoms with Gasteiger partial charge in [0.05, 0.1) is 18.4 Å². The monoisotopic (exact) mass is 435 g/mol. The van der Waals surface area contributed by atoms with Crippen molar-refractivity contribution < 1.29 is 9.53 Å². The maximum atomic E-state index is 12.3. The van der Waals surface area contributed by atoms with Gasteiger partial charge in [0.25, 0.3) is 0 Å². The fourth-order valence-corrected chi connectivity index (χ4v) is 10.3. The SMILES string of the molecule is COC(=O)c1cc(C#C[Si](C(C)C)(C(C)C)C(C)C)c2c(c1)CCN2c1ncccn1. The molecule has 2 aromatic rings. The molecule has 164 valence electrons. The topological polar surface area (TPSA) is 55.3 Å². The van der Waals surface area contributed by atoms with E-state index in [1.54, 1.807) is 12.4 Å². The van der Waals surface area contributed by atoms with Crippen molar-refractivity contribution in [2.75, 3.05) is 18.6 Å². The van der Waals surface area contributed by atoms with Crippen molar-refractivity contribution >= 4 is 25.7 Å². The van der Waals surface area contributed by atoms with Crippen LogP contribution in [0.25, 0.3) is 0 Å². The van der Waals surface area contributed by atoms with Gasteiger partial charge in [0, 0.05) is 24.5 Å². The van der Waals surface area contributed by atoms with E-state index in [1.165, 1.54) is 7.11 Å². The summed E-state index contributed by atoms with van der Waals surface area (Å²) >= 11 is 0. The highest BCUT2D eigenvalue weighted by molar-refractivity contribution is 6.90. The van der Waals surface area contributed by atoms with Gasteiger partial charge >= 0.3 is 5.97 Å². The summed E-state index contributed by atoms with van der Waals surface area (Å²) < 4.78 is 5.01. The quantitative estimate of drug-likeness (QED) is 0.351. The Kier molecular flexibility index (Phi) is 6.85. The zero-order valence-electron chi connectivity index (χ0n) is 19.7. The summed E-state index contributed by atoms with van der Waals surface area (Å²) in [5.41, 5.74) is 8.92. The van der Waals surface area contributed by atoms with E-state index < -0.39 is 8.07 Å². The van der Waals surface area contributed by atoms with Gasteiger partial charge in [0.1, 0.15) is 8.07 Å². The standard InChI is InChI=1S/C25H33N3O2Si/c1-17(2)31(18(3)4,19(5)6)14-10-21-16-22(24(29)30-7)15-20-9-13-28(23(20)21)25-26-11-8-12-27-25/h8,11-12,15-19H,9,13H2,1-7H3. The second kappa shape index (κ2) is 9.23. The molecule has 0 fully saturated rings. The molecule has 0 radical (unpaired) electrons. The first-order chi connectivity index (χ1) is 14.7. The molecular formula is C25H33N3O2Si. The minimum Gasteiger partial charge on any atom is -0.465 e. The third-order valence-electron chi connectivity index (χ3n) is 6.56. The van der Waals surface area contributed by atoms with Crippen molar-refractivity contribution in [2.24, 2.45) is 0 Å². The highest BCUT2D eigenvalue weighted by atomic mass is 28.3. The fourth-order valence-electron chi connectivity index (χ4n) is 5.12. The molecule has 1 aliphatic rings. The average molecular weight is 436 g/mol. The molecule has 1 aromatic heterocycles. The summed E-state index contributed by atoms with van der Waals surface area (Å²) in [7, 11) is -0.508. The summed E-state index contributed by atoms with van der Waals surface area (Å²) in [6.45, 7) is 14.6. The van der Waals surface area contributed by atoms with Crippen LogP contribution in [0.1, 0.15) is 63.0 Å². The van der Waals surface area contributed by atoms with E-state index in [4.69, 9.17) is 4.74 Å². The first-order valence-electron chi connectivity index (χ1n) is 11.0. The molecule has 0 unspecified atom stereocenters. The van der Waals surface area contributed by atoms with E-state index in [0.717, 1.165) is 29.8 Å². The number of hydrogen-bond donors (Lipinski definition) is 0. The van der Waals surface area contributed by atoms with Crippen molar-refractivity contribution in [1.82, 2.24) is 9.97 Å². The molecule has 0 N–H and O–H groups in total. The van der Waals surface area contributed by atoms with Gasteiger partial charge < -0.3 is 9.64 Å². The molecule has 6 heteroatoms. The Bertz CT molecular complexity index is 985. The maximum absolute atomic E-state index is 12.3. The van der Waals surface area contributed by atoms with Crippen LogP contribution in [0.5, 0.6) is 0 Å². The Hall–Kier alpha value is -2.65. The lowest BCUT2D eigenvalue weighted by atomic mass is 10.0. The number of esters is 1. The van der Waals surface area contributed by atoms with Crippen LogP contribution in [0.2, 0.25) is 16.6 Å². The fraction of sp³-hybridized carbons (Fsp3) is 0.480. The van der Waals surface area contributed by atoms with Crippen LogP contribution < -0.4 is 4.90 Å². The van der Waals surface area contributed by atoms with Crippen LogP contribution in [0.15, 0.2) is 30.6 Å². The number of nitrogens with zero attached hydrogens (tertiary/aromatic N) is 3. The Morgan fingerprint density at radius 1 is 1.06 bits per heavy atom. The Morgan fingerprint density at radius 3 is 2.23 bits per heavy atom. The van der Waals surface area contributed by atoms with Crippen LogP contribution in [-0.2, 0) is 11.2 Å².